The van der Waals surface area contributed by atoms with E-state index in [1.807, 2.05) is 6.07 Å². The van der Waals surface area contributed by atoms with Crippen LogP contribution in [0.25, 0.3) is 0 Å². The molecule has 0 aromatic heterocycles. The summed E-state index contributed by atoms with van der Waals surface area (Å²) in [7, 11) is 0. The first-order valence-corrected chi connectivity index (χ1v) is 4.47. The van der Waals surface area contributed by atoms with Crippen LogP contribution in [-0.2, 0) is 11.2 Å². The molecule has 1 fully saturated rings. The molecule has 0 spiro atoms. The van der Waals surface area contributed by atoms with Crippen LogP contribution in [-0.4, -0.2) is 12.6 Å². The van der Waals surface area contributed by atoms with Crippen molar-refractivity contribution in [2.45, 2.75) is 12.5 Å². The van der Waals surface area contributed by atoms with Gasteiger partial charge < -0.3 is 10.1 Å². The normalized spacial score (nSPS) is 20.9. The van der Waals surface area contributed by atoms with Crippen LogP contribution < -0.4 is 5.32 Å². The number of nitrogens with one attached hydrogen (secondary N) is 1. The maximum absolute atomic E-state index is 5.23. The molecule has 1 heterocycles. The molecule has 1 atom stereocenters. The van der Waals surface area contributed by atoms with Crippen molar-refractivity contribution < 1.29 is 4.74 Å². The Morgan fingerprint density at radius 2 is 2.15 bits per heavy atom. The molecule has 1 N–H and O–H groups in total. The number of rotatable bonds is 2. The highest BCUT2D eigenvalue weighted by molar-refractivity contribution is 5.16. The van der Waals surface area contributed by atoms with Gasteiger partial charge in [0.1, 0.15) is 6.61 Å². The SMILES string of the molecule is C=C1N[C@@H](Cc2ccccc2)CO1. The summed E-state index contributed by atoms with van der Waals surface area (Å²) in [5.41, 5.74) is 1.33. The van der Waals surface area contributed by atoms with E-state index in [9.17, 15) is 0 Å². The van der Waals surface area contributed by atoms with E-state index in [1.54, 1.807) is 0 Å². The summed E-state index contributed by atoms with van der Waals surface area (Å²) in [4.78, 5) is 0. The van der Waals surface area contributed by atoms with Crippen LogP contribution in [0.15, 0.2) is 42.8 Å². The summed E-state index contributed by atoms with van der Waals surface area (Å²) in [6.45, 7) is 4.44. The minimum atomic E-state index is 0.384. The third kappa shape index (κ3) is 2.02. The molecule has 68 valence electrons. The largest absolute Gasteiger partial charge is 0.477 e. The lowest BCUT2D eigenvalue weighted by molar-refractivity contribution is 0.255. The molecule has 1 saturated heterocycles. The zero-order valence-electron chi connectivity index (χ0n) is 7.49. The van der Waals surface area contributed by atoms with Crippen LogP contribution in [0.1, 0.15) is 5.56 Å². The second-order valence-corrected chi connectivity index (χ2v) is 3.27. The summed E-state index contributed by atoms with van der Waals surface area (Å²) in [5.74, 6) is 0.695. The smallest absolute Gasteiger partial charge is 0.179 e. The van der Waals surface area contributed by atoms with Crippen LogP contribution in [0.2, 0.25) is 0 Å². The first kappa shape index (κ1) is 8.17. The van der Waals surface area contributed by atoms with E-state index in [0.717, 1.165) is 13.0 Å². The molecule has 1 aromatic carbocycles. The molecule has 1 aliphatic heterocycles. The van der Waals surface area contributed by atoms with Gasteiger partial charge in [-0.2, -0.15) is 0 Å². The summed E-state index contributed by atoms with van der Waals surface area (Å²) in [6.07, 6.45) is 1.000. The summed E-state index contributed by atoms with van der Waals surface area (Å²) in [6, 6.07) is 10.8. The van der Waals surface area contributed by atoms with Gasteiger partial charge in [-0.1, -0.05) is 30.3 Å². The van der Waals surface area contributed by atoms with E-state index in [2.05, 4.69) is 36.2 Å². The van der Waals surface area contributed by atoms with Gasteiger partial charge in [0.2, 0.25) is 0 Å². The van der Waals surface area contributed by atoms with E-state index < -0.39 is 0 Å². The molecule has 1 aromatic rings. The van der Waals surface area contributed by atoms with Crippen molar-refractivity contribution in [2.24, 2.45) is 0 Å². The maximum Gasteiger partial charge on any atom is 0.179 e. The average molecular weight is 175 g/mol. The quantitative estimate of drug-likeness (QED) is 0.738. The minimum absolute atomic E-state index is 0.384. The Kier molecular flexibility index (Phi) is 2.21. The van der Waals surface area contributed by atoms with Gasteiger partial charge in [0, 0.05) is 0 Å². The van der Waals surface area contributed by atoms with Gasteiger partial charge in [0.25, 0.3) is 0 Å². The fourth-order valence-electron chi connectivity index (χ4n) is 1.52. The number of benzene rings is 1. The maximum atomic E-state index is 5.23. The average Bonchev–Trinajstić information content (AvgIpc) is 2.53. The summed E-state index contributed by atoms with van der Waals surface area (Å²) >= 11 is 0. The Labute approximate surface area is 78.2 Å². The van der Waals surface area contributed by atoms with Crippen LogP contribution in [0.5, 0.6) is 0 Å². The lowest BCUT2D eigenvalue weighted by Gasteiger charge is -2.06. The first-order valence-electron chi connectivity index (χ1n) is 4.47. The Morgan fingerprint density at radius 1 is 1.38 bits per heavy atom. The number of hydrogen-bond donors (Lipinski definition) is 1. The van der Waals surface area contributed by atoms with Crippen LogP contribution in [0.4, 0.5) is 0 Å². The molecule has 2 heteroatoms. The van der Waals surface area contributed by atoms with Gasteiger partial charge in [0.05, 0.1) is 6.04 Å². The highest BCUT2D eigenvalue weighted by Gasteiger charge is 2.17. The fourth-order valence-corrected chi connectivity index (χ4v) is 1.52. The highest BCUT2D eigenvalue weighted by atomic mass is 16.5. The Hall–Kier alpha value is -1.44. The molecule has 0 aliphatic carbocycles. The molecule has 1 aliphatic rings. The van der Waals surface area contributed by atoms with Crippen molar-refractivity contribution in [1.29, 1.82) is 0 Å². The minimum Gasteiger partial charge on any atom is -0.477 e. The zero-order valence-corrected chi connectivity index (χ0v) is 7.49. The van der Waals surface area contributed by atoms with Crippen molar-refractivity contribution in [1.82, 2.24) is 5.32 Å². The molecular weight excluding hydrogens is 162 g/mol. The van der Waals surface area contributed by atoms with Crippen molar-refractivity contribution in [3.8, 4) is 0 Å². The lowest BCUT2D eigenvalue weighted by atomic mass is 10.1. The van der Waals surface area contributed by atoms with Gasteiger partial charge >= 0.3 is 0 Å². The first-order chi connectivity index (χ1) is 6.34. The molecule has 0 unspecified atom stereocenters. The molecule has 2 rings (SSSR count). The second kappa shape index (κ2) is 3.52. The standard InChI is InChI=1S/C11H13NO/c1-9-12-11(8-13-9)7-10-5-3-2-4-6-10/h2-6,11-12H,1,7-8H2/t11-/m0/s1. The van der Waals surface area contributed by atoms with E-state index in [1.165, 1.54) is 5.56 Å². The van der Waals surface area contributed by atoms with Gasteiger partial charge in [-0.25, -0.2) is 0 Å². The Bertz CT molecular complexity index is 294. The molecule has 0 bridgehead atoms. The predicted molar refractivity (Wildman–Crippen MR) is 52.2 cm³/mol. The Morgan fingerprint density at radius 3 is 2.77 bits per heavy atom. The number of hydrogen-bond acceptors (Lipinski definition) is 2. The van der Waals surface area contributed by atoms with E-state index in [-0.39, 0.29) is 0 Å². The van der Waals surface area contributed by atoms with Crippen LogP contribution in [0.3, 0.4) is 0 Å². The highest BCUT2D eigenvalue weighted by Crippen LogP contribution is 2.10. The predicted octanol–water partition coefficient (Wildman–Crippen LogP) is 1.69. The third-order valence-corrected chi connectivity index (χ3v) is 2.15. The molecule has 2 nitrogen and oxygen atoms in total. The molecule has 13 heavy (non-hydrogen) atoms. The van der Waals surface area contributed by atoms with Crippen LogP contribution >= 0.6 is 0 Å². The molecule has 0 amide bonds. The number of ether oxygens (including phenoxy) is 1. The Balaban J connectivity index is 1.96. The van der Waals surface area contributed by atoms with Crippen molar-refractivity contribution >= 4 is 0 Å². The van der Waals surface area contributed by atoms with Gasteiger partial charge in [-0.05, 0) is 18.6 Å². The van der Waals surface area contributed by atoms with Crippen LogP contribution in [0, 0.1) is 0 Å². The summed E-state index contributed by atoms with van der Waals surface area (Å²) in [5, 5.41) is 3.19. The third-order valence-electron chi connectivity index (χ3n) is 2.15. The molecular formula is C11H13NO. The van der Waals surface area contributed by atoms with E-state index in [4.69, 9.17) is 4.74 Å². The summed E-state index contributed by atoms with van der Waals surface area (Å²) < 4.78 is 5.23. The van der Waals surface area contributed by atoms with E-state index in [0.29, 0.717) is 11.9 Å². The van der Waals surface area contributed by atoms with Crippen molar-refractivity contribution in [3.05, 3.63) is 48.4 Å². The fraction of sp³-hybridized carbons (Fsp3) is 0.273. The topological polar surface area (TPSA) is 21.3 Å². The second-order valence-electron chi connectivity index (χ2n) is 3.27. The zero-order chi connectivity index (χ0) is 9.10. The molecule has 0 saturated carbocycles. The van der Waals surface area contributed by atoms with Gasteiger partial charge in [0.15, 0.2) is 5.88 Å². The van der Waals surface area contributed by atoms with Crippen molar-refractivity contribution in [3.63, 3.8) is 0 Å². The lowest BCUT2D eigenvalue weighted by Crippen LogP contribution is -2.24. The van der Waals surface area contributed by atoms with Gasteiger partial charge in [-0.3, -0.25) is 0 Å². The van der Waals surface area contributed by atoms with Crippen molar-refractivity contribution in [2.75, 3.05) is 6.61 Å². The molecule has 0 radical (unpaired) electrons. The van der Waals surface area contributed by atoms with E-state index >= 15 is 0 Å². The van der Waals surface area contributed by atoms with Gasteiger partial charge in [-0.15, -0.1) is 0 Å². The monoisotopic (exact) mass is 175 g/mol.